The number of rotatable bonds is 7. The van der Waals surface area contributed by atoms with Crippen molar-refractivity contribution < 1.29 is 9.59 Å². The molecule has 0 spiro atoms. The summed E-state index contributed by atoms with van der Waals surface area (Å²) in [7, 11) is 0. The molecule has 200 valence electrons. The van der Waals surface area contributed by atoms with Gasteiger partial charge in [-0.3, -0.25) is 9.59 Å². The zero-order valence-electron chi connectivity index (χ0n) is 23.5. The molecular formula is C31H44N4O2. The van der Waals surface area contributed by atoms with Crippen molar-refractivity contribution in [2.24, 2.45) is 29.1 Å². The molecule has 6 nitrogen and oxygen atoms in total. The number of hydrogen-bond donors (Lipinski definition) is 1. The molecule has 2 amide bonds. The molecule has 2 aromatic rings. The molecule has 4 bridgehead atoms. The summed E-state index contributed by atoms with van der Waals surface area (Å²) in [5, 5.41) is 7.96. The maximum Gasteiger partial charge on any atom is 0.245 e. The van der Waals surface area contributed by atoms with Crippen molar-refractivity contribution in [3.8, 4) is 5.69 Å². The highest BCUT2D eigenvalue weighted by Gasteiger charge is 2.55. The molecule has 0 unspecified atom stereocenters. The first-order chi connectivity index (χ1) is 17.4. The largest absolute Gasteiger partial charge is 0.333 e. The standard InChI is InChI=1S/C31H44N4O2/c1-20(2)18-34(29(37)31-15-22-11-23(16-31)13-24(12-22)17-31)19-28(36)32-27-14-26(30(4,5)6)33-35(27)25-9-7-21(3)8-10-25/h7-10,14,20,22-24H,11-13,15-19H2,1-6H3,(H,32,36). The minimum absolute atomic E-state index is 0.0860. The van der Waals surface area contributed by atoms with Crippen LogP contribution in [0.15, 0.2) is 30.3 Å². The van der Waals surface area contributed by atoms with E-state index in [-0.39, 0.29) is 29.2 Å². The number of nitrogens with zero attached hydrogens (tertiary/aromatic N) is 3. The Hall–Kier alpha value is -2.63. The van der Waals surface area contributed by atoms with E-state index < -0.39 is 0 Å². The van der Waals surface area contributed by atoms with E-state index in [1.165, 1.54) is 24.8 Å². The van der Waals surface area contributed by atoms with Gasteiger partial charge in [0.05, 0.1) is 23.3 Å². The molecule has 0 radical (unpaired) electrons. The number of carbonyl (C=O) groups excluding carboxylic acids is 2. The first-order valence-electron chi connectivity index (χ1n) is 14.2. The van der Waals surface area contributed by atoms with Crippen LogP contribution in [0, 0.1) is 36.0 Å². The summed E-state index contributed by atoms with van der Waals surface area (Å²) in [6, 6.07) is 10.1. The lowest BCUT2D eigenvalue weighted by Gasteiger charge is -2.56. The zero-order valence-corrected chi connectivity index (χ0v) is 23.5. The van der Waals surface area contributed by atoms with Crippen molar-refractivity contribution in [1.82, 2.24) is 14.7 Å². The van der Waals surface area contributed by atoms with Crippen LogP contribution in [0.2, 0.25) is 0 Å². The third-order valence-electron chi connectivity index (χ3n) is 8.72. The van der Waals surface area contributed by atoms with E-state index in [1.54, 1.807) is 0 Å². The van der Waals surface area contributed by atoms with Crippen molar-refractivity contribution in [2.75, 3.05) is 18.4 Å². The Balaban J connectivity index is 1.37. The van der Waals surface area contributed by atoms with Crippen LogP contribution in [0.3, 0.4) is 0 Å². The highest BCUT2D eigenvalue weighted by Crippen LogP contribution is 2.60. The Morgan fingerprint density at radius 2 is 1.62 bits per heavy atom. The number of hydrogen-bond acceptors (Lipinski definition) is 3. The SMILES string of the molecule is Cc1ccc(-n2nc(C(C)(C)C)cc2NC(=O)CN(CC(C)C)C(=O)C23CC4CC(CC(C4)C2)C3)cc1. The molecule has 0 saturated heterocycles. The van der Waals surface area contributed by atoms with Gasteiger partial charge in [0, 0.05) is 18.0 Å². The number of amides is 2. The van der Waals surface area contributed by atoms with E-state index in [0.717, 1.165) is 30.6 Å². The summed E-state index contributed by atoms with van der Waals surface area (Å²) < 4.78 is 1.81. The number of aromatic nitrogens is 2. The Kier molecular flexibility index (Phi) is 6.74. The van der Waals surface area contributed by atoms with E-state index >= 15 is 0 Å². The molecule has 6 rings (SSSR count). The number of benzene rings is 1. The normalized spacial score (nSPS) is 26.5. The van der Waals surface area contributed by atoms with Crippen molar-refractivity contribution in [2.45, 2.75) is 85.5 Å². The minimum atomic E-state index is -0.243. The summed E-state index contributed by atoms with van der Waals surface area (Å²) >= 11 is 0. The fraction of sp³-hybridized carbons (Fsp3) is 0.645. The van der Waals surface area contributed by atoms with Crippen LogP contribution >= 0.6 is 0 Å². The lowest BCUT2D eigenvalue weighted by Crippen LogP contribution is -2.56. The van der Waals surface area contributed by atoms with Gasteiger partial charge in [0.15, 0.2) is 0 Å². The summed E-state index contributed by atoms with van der Waals surface area (Å²) in [6.07, 6.45) is 6.96. The van der Waals surface area contributed by atoms with E-state index in [1.807, 2.05) is 39.9 Å². The molecule has 0 atom stereocenters. The van der Waals surface area contributed by atoms with Crippen molar-refractivity contribution >= 4 is 17.6 Å². The average molecular weight is 505 g/mol. The topological polar surface area (TPSA) is 67.2 Å². The predicted molar refractivity (Wildman–Crippen MR) is 148 cm³/mol. The van der Waals surface area contributed by atoms with Crippen LogP contribution in [0.4, 0.5) is 5.82 Å². The van der Waals surface area contributed by atoms with Gasteiger partial charge in [-0.15, -0.1) is 0 Å². The molecule has 4 aliphatic rings. The second-order valence-corrected chi connectivity index (χ2v) is 13.7. The summed E-state index contributed by atoms with van der Waals surface area (Å²) in [4.78, 5) is 29.5. The van der Waals surface area contributed by atoms with Gasteiger partial charge in [-0.1, -0.05) is 52.3 Å². The molecule has 1 N–H and O–H groups in total. The van der Waals surface area contributed by atoms with Crippen LogP contribution < -0.4 is 5.32 Å². The molecule has 4 saturated carbocycles. The molecule has 4 fully saturated rings. The van der Waals surface area contributed by atoms with E-state index in [0.29, 0.717) is 36.0 Å². The first-order valence-corrected chi connectivity index (χ1v) is 14.2. The van der Waals surface area contributed by atoms with Gasteiger partial charge in [-0.25, -0.2) is 4.68 Å². The number of anilines is 1. The fourth-order valence-corrected chi connectivity index (χ4v) is 7.44. The number of carbonyl (C=O) groups is 2. The first kappa shape index (κ1) is 26.0. The van der Waals surface area contributed by atoms with Crippen LogP contribution in [-0.2, 0) is 15.0 Å². The second kappa shape index (κ2) is 9.59. The fourth-order valence-electron chi connectivity index (χ4n) is 7.44. The Bertz CT molecular complexity index is 1120. The smallest absolute Gasteiger partial charge is 0.245 e. The van der Waals surface area contributed by atoms with Crippen LogP contribution in [0.1, 0.15) is 84.4 Å². The summed E-state index contributed by atoms with van der Waals surface area (Å²) in [5.41, 5.74) is 2.58. The Morgan fingerprint density at radius 3 is 2.14 bits per heavy atom. The quantitative estimate of drug-likeness (QED) is 0.494. The van der Waals surface area contributed by atoms with Gasteiger partial charge in [0.2, 0.25) is 11.8 Å². The van der Waals surface area contributed by atoms with Gasteiger partial charge in [-0.2, -0.15) is 5.10 Å². The molecule has 1 heterocycles. The van der Waals surface area contributed by atoms with Crippen molar-refractivity contribution in [3.63, 3.8) is 0 Å². The Labute approximate surface area is 222 Å². The Morgan fingerprint density at radius 1 is 1.05 bits per heavy atom. The third-order valence-corrected chi connectivity index (χ3v) is 8.72. The monoisotopic (exact) mass is 504 g/mol. The summed E-state index contributed by atoms with van der Waals surface area (Å²) in [6.45, 7) is 13.4. The van der Waals surface area contributed by atoms with Crippen LogP contribution in [-0.4, -0.2) is 39.6 Å². The van der Waals surface area contributed by atoms with Gasteiger partial charge >= 0.3 is 0 Å². The highest BCUT2D eigenvalue weighted by atomic mass is 16.2. The molecule has 1 aromatic carbocycles. The van der Waals surface area contributed by atoms with Crippen molar-refractivity contribution in [1.29, 1.82) is 0 Å². The van der Waals surface area contributed by atoms with E-state index in [4.69, 9.17) is 5.10 Å². The van der Waals surface area contributed by atoms with Gasteiger partial charge in [-0.05, 0) is 81.3 Å². The number of aryl methyl sites for hydroxylation is 1. The van der Waals surface area contributed by atoms with Crippen molar-refractivity contribution in [3.05, 3.63) is 41.6 Å². The second-order valence-electron chi connectivity index (χ2n) is 13.7. The zero-order chi connectivity index (χ0) is 26.5. The third kappa shape index (κ3) is 5.35. The van der Waals surface area contributed by atoms with Gasteiger partial charge in [0.1, 0.15) is 5.82 Å². The van der Waals surface area contributed by atoms with E-state index in [2.05, 4.69) is 46.9 Å². The molecule has 6 heteroatoms. The summed E-state index contributed by atoms with van der Waals surface area (Å²) in [5.74, 6) is 3.10. The molecule has 1 aromatic heterocycles. The minimum Gasteiger partial charge on any atom is -0.333 e. The average Bonchev–Trinajstić information content (AvgIpc) is 3.21. The maximum atomic E-state index is 14.1. The highest BCUT2D eigenvalue weighted by molar-refractivity contribution is 5.95. The van der Waals surface area contributed by atoms with Gasteiger partial charge in [0.25, 0.3) is 0 Å². The predicted octanol–water partition coefficient (Wildman–Crippen LogP) is 6.12. The van der Waals surface area contributed by atoms with Crippen LogP contribution in [0.5, 0.6) is 0 Å². The lowest BCUT2D eigenvalue weighted by molar-refractivity contribution is -0.159. The van der Waals surface area contributed by atoms with E-state index in [9.17, 15) is 9.59 Å². The molecule has 0 aliphatic heterocycles. The van der Waals surface area contributed by atoms with Gasteiger partial charge < -0.3 is 10.2 Å². The number of nitrogens with one attached hydrogen (secondary N) is 1. The molecular weight excluding hydrogens is 460 g/mol. The molecule has 4 aliphatic carbocycles. The lowest BCUT2D eigenvalue weighted by atomic mass is 9.49. The molecule has 37 heavy (non-hydrogen) atoms. The van der Waals surface area contributed by atoms with Crippen LogP contribution in [0.25, 0.3) is 5.69 Å². The maximum absolute atomic E-state index is 14.1.